The molecule has 0 aromatic heterocycles. The molecule has 2 aliphatic heterocycles. The number of esters is 1. The van der Waals surface area contributed by atoms with Gasteiger partial charge < -0.3 is 29.7 Å². The fourth-order valence-electron chi connectivity index (χ4n) is 3.36. The molecule has 3 N–H and O–H groups in total. The molecule has 1 aromatic rings. The fraction of sp³-hybridized carbons (Fsp3) is 0.474. The molecule has 1 unspecified atom stereocenters. The summed E-state index contributed by atoms with van der Waals surface area (Å²) in [6.07, 6.45) is 0.617. The van der Waals surface area contributed by atoms with E-state index in [2.05, 4.69) is 10.6 Å². The molecule has 3 rings (SSSR count). The van der Waals surface area contributed by atoms with E-state index in [1.165, 1.54) is 0 Å². The number of rotatable bonds is 7. The topological polar surface area (TPSA) is 90.3 Å². The monoisotopic (exact) mass is 376 g/mol. The lowest BCUT2D eigenvalue weighted by atomic mass is 10.00. The van der Waals surface area contributed by atoms with Crippen LogP contribution in [0.5, 0.6) is 11.5 Å². The Morgan fingerprint density at radius 3 is 2.78 bits per heavy atom. The highest BCUT2D eigenvalue weighted by atomic mass is 16.7. The van der Waals surface area contributed by atoms with Crippen molar-refractivity contribution >= 4 is 12.0 Å². The summed E-state index contributed by atoms with van der Waals surface area (Å²) < 4.78 is 16.0. The van der Waals surface area contributed by atoms with Crippen LogP contribution in [0, 0.1) is 0 Å². The Morgan fingerprint density at radius 2 is 2.04 bits per heavy atom. The maximum Gasteiger partial charge on any atom is 0.338 e. The second kappa shape index (κ2) is 8.30. The van der Waals surface area contributed by atoms with Crippen LogP contribution in [0.15, 0.2) is 29.5 Å². The van der Waals surface area contributed by atoms with E-state index in [1.54, 1.807) is 6.92 Å². The number of hydrogen-bond acceptors (Lipinski definition) is 5. The minimum absolute atomic E-state index is 0.245. The number of fused-ring (bicyclic) bond motifs is 1. The number of urea groups is 1. The Balaban J connectivity index is 1.77. The van der Waals surface area contributed by atoms with Crippen molar-refractivity contribution in [1.82, 2.24) is 10.6 Å². The van der Waals surface area contributed by atoms with Crippen molar-refractivity contribution in [3.63, 3.8) is 0 Å². The minimum Gasteiger partial charge on any atom is -0.463 e. The molecule has 27 heavy (non-hydrogen) atoms. The molecule has 0 saturated carbocycles. The van der Waals surface area contributed by atoms with Crippen molar-refractivity contribution in [3.8, 4) is 11.5 Å². The van der Waals surface area contributed by atoms with Gasteiger partial charge in [0.1, 0.15) is 13.1 Å². The van der Waals surface area contributed by atoms with Gasteiger partial charge in [0.05, 0.1) is 31.0 Å². The molecule has 1 aromatic carbocycles. The number of hydrogen-bond donors (Lipinski definition) is 3. The van der Waals surface area contributed by atoms with Crippen LogP contribution >= 0.6 is 0 Å². The summed E-state index contributed by atoms with van der Waals surface area (Å²) in [7, 11) is 2.01. The molecular formula is C19H26N3O5+. The van der Waals surface area contributed by atoms with Crippen LogP contribution in [0.4, 0.5) is 4.79 Å². The second-order valence-electron chi connectivity index (χ2n) is 6.67. The van der Waals surface area contributed by atoms with Gasteiger partial charge in [-0.1, -0.05) is 6.92 Å². The summed E-state index contributed by atoms with van der Waals surface area (Å²) in [6, 6.07) is 5.22. The molecule has 0 saturated heterocycles. The first-order chi connectivity index (χ1) is 13.0. The minimum atomic E-state index is -0.386. The zero-order valence-corrected chi connectivity index (χ0v) is 15.9. The number of amides is 2. The Hall–Kier alpha value is -2.74. The predicted molar refractivity (Wildman–Crippen MR) is 97.4 cm³/mol. The molecule has 2 aliphatic rings. The Bertz CT molecular complexity index is 762. The molecule has 0 spiro atoms. The average Bonchev–Trinajstić information content (AvgIpc) is 3.08. The van der Waals surface area contributed by atoms with E-state index >= 15 is 0 Å². The molecule has 0 radical (unpaired) electrons. The summed E-state index contributed by atoms with van der Waals surface area (Å²) >= 11 is 0. The van der Waals surface area contributed by atoms with Gasteiger partial charge in [-0.05, 0) is 31.5 Å². The highest BCUT2D eigenvalue weighted by Crippen LogP contribution is 2.32. The molecule has 2 heterocycles. The summed E-state index contributed by atoms with van der Waals surface area (Å²) in [5.41, 5.74) is 2.20. The number of likely N-dealkylation sites (N-methyl/N-ethyl adjacent to an activating group) is 1. The van der Waals surface area contributed by atoms with E-state index in [0.717, 1.165) is 22.0 Å². The van der Waals surface area contributed by atoms with Crippen LogP contribution in [0.3, 0.4) is 0 Å². The van der Waals surface area contributed by atoms with Gasteiger partial charge >= 0.3 is 12.0 Å². The maximum absolute atomic E-state index is 12.4. The van der Waals surface area contributed by atoms with Gasteiger partial charge in [-0.2, -0.15) is 0 Å². The number of ether oxygens (including phenoxy) is 3. The SMILES string of the molecule is CCOC(=O)C1=C(C[NH+](C)Cc2ccc3c(c2)OCO3)NC(=O)N[C@@H]1CC. The first kappa shape index (κ1) is 19.0. The molecule has 8 nitrogen and oxygen atoms in total. The molecule has 2 atom stereocenters. The fourth-order valence-corrected chi connectivity index (χ4v) is 3.36. The van der Waals surface area contributed by atoms with E-state index in [-0.39, 0.29) is 24.8 Å². The number of nitrogens with one attached hydrogen (secondary N) is 3. The maximum atomic E-state index is 12.4. The first-order valence-corrected chi connectivity index (χ1v) is 9.19. The summed E-state index contributed by atoms with van der Waals surface area (Å²) in [5.74, 6) is 1.11. The summed E-state index contributed by atoms with van der Waals surface area (Å²) in [4.78, 5) is 25.5. The quantitative estimate of drug-likeness (QED) is 0.597. The molecule has 2 amide bonds. The molecule has 0 bridgehead atoms. The lowest BCUT2D eigenvalue weighted by Crippen LogP contribution is -3.08. The van der Waals surface area contributed by atoms with Crippen molar-refractivity contribution in [2.24, 2.45) is 0 Å². The van der Waals surface area contributed by atoms with Crippen LogP contribution in [-0.2, 0) is 16.1 Å². The predicted octanol–water partition coefficient (Wildman–Crippen LogP) is 0.339. The summed E-state index contributed by atoms with van der Waals surface area (Å²) in [5, 5.41) is 5.58. The third-order valence-corrected chi connectivity index (χ3v) is 4.57. The normalized spacial score (nSPS) is 19.4. The van der Waals surface area contributed by atoms with Crippen molar-refractivity contribution in [1.29, 1.82) is 0 Å². The molecular weight excluding hydrogens is 350 g/mol. The zero-order chi connectivity index (χ0) is 19.4. The van der Waals surface area contributed by atoms with Gasteiger partial charge in [-0.3, -0.25) is 0 Å². The van der Waals surface area contributed by atoms with Crippen LogP contribution < -0.4 is 25.0 Å². The van der Waals surface area contributed by atoms with Gasteiger partial charge in [-0.15, -0.1) is 0 Å². The third-order valence-electron chi connectivity index (χ3n) is 4.57. The first-order valence-electron chi connectivity index (χ1n) is 9.19. The lowest BCUT2D eigenvalue weighted by Gasteiger charge is -2.29. The van der Waals surface area contributed by atoms with Crippen molar-refractivity contribution in [3.05, 3.63) is 35.0 Å². The van der Waals surface area contributed by atoms with Gasteiger partial charge in [0, 0.05) is 5.56 Å². The van der Waals surface area contributed by atoms with E-state index in [9.17, 15) is 9.59 Å². The van der Waals surface area contributed by atoms with Gasteiger partial charge in [0.2, 0.25) is 6.79 Å². The van der Waals surface area contributed by atoms with Crippen molar-refractivity contribution in [2.45, 2.75) is 32.9 Å². The van der Waals surface area contributed by atoms with Gasteiger partial charge in [0.15, 0.2) is 11.5 Å². The molecule has 0 fully saturated rings. The molecule has 8 heteroatoms. The van der Waals surface area contributed by atoms with Crippen molar-refractivity contribution in [2.75, 3.05) is 27.0 Å². The van der Waals surface area contributed by atoms with Gasteiger partial charge in [0.25, 0.3) is 0 Å². The average molecular weight is 376 g/mol. The van der Waals surface area contributed by atoms with Crippen LogP contribution in [-0.4, -0.2) is 45.0 Å². The standard InChI is InChI=1S/C19H25N3O5/c1-4-13-17(18(23)25-5-2)14(21-19(24)20-13)10-22(3)9-12-6-7-15-16(8-12)27-11-26-15/h6-8,13H,4-5,9-11H2,1-3H3,(H2,20,21,24)/p+1/t13-/m1/s1. The third kappa shape index (κ3) is 4.33. The number of quaternary nitrogens is 1. The zero-order valence-electron chi connectivity index (χ0n) is 15.9. The largest absolute Gasteiger partial charge is 0.463 e. The van der Waals surface area contributed by atoms with Crippen LogP contribution in [0.25, 0.3) is 0 Å². The van der Waals surface area contributed by atoms with Gasteiger partial charge in [-0.25, -0.2) is 9.59 Å². The Morgan fingerprint density at radius 1 is 1.26 bits per heavy atom. The lowest BCUT2D eigenvalue weighted by molar-refractivity contribution is -0.889. The van der Waals surface area contributed by atoms with Crippen LogP contribution in [0.2, 0.25) is 0 Å². The summed E-state index contributed by atoms with van der Waals surface area (Å²) in [6.45, 7) is 5.43. The number of benzene rings is 1. The number of carbonyl (C=O) groups is 2. The van der Waals surface area contributed by atoms with E-state index < -0.39 is 0 Å². The van der Waals surface area contributed by atoms with Crippen molar-refractivity contribution < 1.29 is 28.7 Å². The smallest absolute Gasteiger partial charge is 0.338 e. The molecule has 146 valence electrons. The molecule has 0 aliphatic carbocycles. The Labute approximate surface area is 158 Å². The van der Waals surface area contributed by atoms with Crippen LogP contribution in [0.1, 0.15) is 25.8 Å². The Kier molecular flexibility index (Phi) is 5.85. The number of carbonyl (C=O) groups excluding carboxylic acids is 2. The second-order valence-corrected chi connectivity index (χ2v) is 6.67. The van der Waals surface area contributed by atoms with E-state index in [1.807, 2.05) is 32.2 Å². The van der Waals surface area contributed by atoms with E-state index in [4.69, 9.17) is 14.2 Å². The highest BCUT2D eigenvalue weighted by molar-refractivity contribution is 5.94. The van der Waals surface area contributed by atoms with E-state index in [0.29, 0.717) is 37.4 Å². The highest BCUT2D eigenvalue weighted by Gasteiger charge is 2.32.